The van der Waals surface area contributed by atoms with Gasteiger partial charge in [-0.15, -0.1) is 0 Å². The van der Waals surface area contributed by atoms with Gasteiger partial charge in [-0.25, -0.2) is 8.42 Å². The molecule has 0 saturated carbocycles. The molecule has 2 rings (SSSR count). The minimum Gasteiger partial charge on any atom is -0.312 e. The molecule has 0 aliphatic carbocycles. The maximum Gasteiger partial charge on any atom is 0.184 e. The number of benzene rings is 1. The number of rotatable bonds is 1. The fourth-order valence-electron chi connectivity index (χ4n) is 2.08. The van der Waals surface area contributed by atoms with Crippen molar-refractivity contribution in [3.8, 4) is 0 Å². The molecule has 1 aromatic carbocycles. The second-order valence-electron chi connectivity index (χ2n) is 3.67. The van der Waals surface area contributed by atoms with Gasteiger partial charge in [0.2, 0.25) is 0 Å². The Morgan fingerprint density at radius 1 is 1.40 bits per heavy atom. The molecule has 1 heterocycles. The first kappa shape index (κ1) is 11.1. The highest BCUT2D eigenvalue weighted by Gasteiger charge is 2.42. The predicted octanol–water partition coefficient (Wildman–Crippen LogP) is 1.89. The van der Waals surface area contributed by atoms with Crippen molar-refractivity contribution in [3.05, 3.63) is 28.2 Å². The van der Waals surface area contributed by atoms with Gasteiger partial charge in [0, 0.05) is 4.47 Å². The van der Waals surface area contributed by atoms with E-state index in [0.29, 0.717) is 9.37 Å². The van der Waals surface area contributed by atoms with Gasteiger partial charge in [-0.1, -0.05) is 12.1 Å². The van der Waals surface area contributed by atoms with Gasteiger partial charge in [0.1, 0.15) is 0 Å². The third-order valence-corrected chi connectivity index (χ3v) is 6.09. The maximum absolute atomic E-state index is 12.1. The molecular formula is C10H12BrNO2S. The third-order valence-electron chi connectivity index (χ3n) is 2.89. The van der Waals surface area contributed by atoms with E-state index in [1.807, 2.05) is 12.1 Å². The molecule has 0 fully saturated rings. The molecule has 1 N–H and O–H groups in total. The van der Waals surface area contributed by atoms with Crippen LogP contribution in [-0.2, 0) is 9.84 Å². The van der Waals surface area contributed by atoms with Crippen LogP contribution in [-0.4, -0.2) is 20.7 Å². The quantitative estimate of drug-likeness (QED) is 0.859. The maximum atomic E-state index is 12.1. The summed E-state index contributed by atoms with van der Waals surface area (Å²) in [6.07, 6.45) is 0. The summed E-state index contributed by atoms with van der Waals surface area (Å²) in [6.45, 7) is 1.74. The zero-order valence-corrected chi connectivity index (χ0v) is 10.9. The summed E-state index contributed by atoms with van der Waals surface area (Å²) in [5.41, 5.74) is 0.861. The summed E-state index contributed by atoms with van der Waals surface area (Å²) in [5.74, 6) is 0. The van der Waals surface area contributed by atoms with Crippen LogP contribution >= 0.6 is 15.9 Å². The Kier molecular flexibility index (Phi) is 2.65. The average molecular weight is 290 g/mol. The van der Waals surface area contributed by atoms with E-state index < -0.39 is 15.1 Å². The molecule has 82 valence electrons. The lowest BCUT2D eigenvalue weighted by atomic mass is 10.1. The molecule has 2 atom stereocenters. The molecule has 0 saturated heterocycles. The van der Waals surface area contributed by atoms with Crippen molar-refractivity contribution in [2.75, 3.05) is 7.05 Å². The standard InChI is InChI=1S/C10H12BrNO2S/c1-6-9(12-2)7-4-3-5-8(11)10(7)15(6,13)14/h3-6,9,12H,1-2H3. The molecule has 15 heavy (non-hydrogen) atoms. The largest absolute Gasteiger partial charge is 0.312 e. The van der Waals surface area contributed by atoms with Gasteiger partial charge in [-0.2, -0.15) is 0 Å². The highest BCUT2D eigenvalue weighted by Crippen LogP contribution is 2.42. The lowest BCUT2D eigenvalue weighted by molar-refractivity contribution is 0.553. The molecule has 5 heteroatoms. The highest BCUT2D eigenvalue weighted by atomic mass is 79.9. The molecule has 0 bridgehead atoms. The van der Waals surface area contributed by atoms with E-state index in [0.717, 1.165) is 5.56 Å². The molecule has 2 unspecified atom stereocenters. The van der Waals surface area contributed by atoms with Gasteiger partial charge >= 0.3 is 0 Å². The normalized spacial score (nSPS) is 27.7. The van der Waals surface area contributed by atoms with Crippen LogP contribution in [0.3, 0.4) is 0 Å². The Balaban J connectivity index is 2.76. The van der Waals surface area contributed by atoms with Crippen molar-refractivity contribution in [3.63, 3.8) is 0 Å². The number of hydrogen-bond acceptors (Lipinski definition) is 3. The zero-order chi connectivity index (χ0) is 11.2. The topological polar surface area (TPSA) is 46.2 Å². The van der Waals surface area contributed by atoms with Crippen molar-refractivity contribution < 1.29 is 8.42 Å². The van der Waals surface area contributed by atoms with E-state index in [-0.39, 0.29) is 6.04 Å². The lowest BCUT2D eigenvalue weighted by Crippen LogP contribution is -2.26. The Morgan fingerprint density at radius 2 is 2.07 bits per heavy atom. The van der Waals surface area contributed by atoms with Crippen molar-refractivity contribution in [1.82, 2.24) is 5.32 Å². The van der Waals surface area contributed by atoms with Crippen molar-refractivity contribution in [2.45, 2.75) is 23.1 Å². The highest BCUT2D eigenvalue weighted by molar-refractivity contribution is 9.10. The minimum atomic E-state index is -3.19. The molecular weight excluding hydrogens is 278 g/mol. The minimum absolute atomic E-state index is 0.109. The number of hydrogen-bond donors (Lipinski definition) is 1. The molecule has 1 aliphatic rings. The first-order chi connectivity index (χ1) is 7.00. The van der Waals surface area contributed by atoms with Crippen LogP contribution in [0.15, 0.2) is 27.6 Å². The first-order valence-corrected chi connectivity index (χ1v) is 7.03. The lowest BCUT2D eigenvalue weighted by Gasteiger charge is -2.13. The number of nitrogens with one attached hydrogen (secondary N) is 1. The molecule has 3 nitrogen and oxygen atoms in total. The van der Waals surface area contributed by atoms with Crippen LogP contribution in [0.1, 0.15) is 18.5 Å². The Hall–Kier alpha value is -0.390. The number of halogens is 1. The van der Waals surface area contributed by atoms with E-state index in [4.69, 9.17) is 0 Å². The van der Waals surface area contributed by atoms with E-state index in [9.17, 15) is 8.42 Å². The Labute approximate surface area is 97.9 Å². The number of fused-ring (bicyclic) bond motifs is 1. The molecule has 0 aromatic heterocycles. The monoisotopic (exact) mass is 289 g/mol. The van der Waals surface area contributed by atoms with Crippen LogP contribution in [0.25, 0.3) is 0 Å². The smallest absolute Gasteiger partial charge is 0.184 e. The van der Waals surface area contributed by atoms with Crippen molar-refractivity contribution in [2.24, 2.45) is 0 Å². The van der Waals surface area contributed by atoms with E-state index >= 15 is 0 Å². The van der Waals surface area contributed by atoms with Gasteiger partial charge in [-0.3, -0.25) is 0 Å². The van der Waals surface area contributed by atoms with E-state index in [1.165, 1.54) is 0 Å². The molecule has 1 aliphatic heterocycles. The summed E-state index contributed by atoms with van der Waals surface area (Å²) >= 11 is 3.30. The fraction of sp³-hybridized carbons (Fsp3) is 0.400. The predicted molar refractivity (Wildman–Crippen MR) is 62.6 cm³/mol. The summed E-state index contributed by atoms with van der Waals surface area (Å²) in [7, 11) is -1.40. The zero-order valence-electron chi connectivity index (χ0n) is 8.49. The SMILES string of the molecule is CNC1c2cccc(Br)c2S(=O)(=O)C1C. The second-order valence-corrected chi connectivity index (χ2v) is 6.77. The van der Waals surface area contributed by atoms with Gasteiger partial charge < -0.3 is 5.32 Å². The van der Waals surface area contributed by atoms with Gasteiger partial charge in [0.25, 0.3) is 0 Å². The van der Waals surface area contributed by atoms with E-state index in [1.54, 1.807) is 20.0 Å². The van der Waals surface area contributed by atoms with Gasteiger partial charge in [0.15, 0.2) is 9.84 Å². The fourth-order valence-corrected chi connectivity index (χ4v) is 5.01. The van der Waals surface area contributed by atoms with Crippen LogP contribution in [0, 0.1) is 0 Å². The average Bonchev–Trinajstić information content (AvgIpc) is 2.36. The second kappa shape index (κ2) is 3.57. The van der Waals surface area contributed by atoms with Crippen LogP contribution in [0.5, 0.6) is 0 Å². The van der Waals surface area contributed by atoms with E-state index in [2.05, 4.69) is 21.2 Å². The van der Waals surface area contributed by atoms with Crippen molar-refractivity contribution >= 4 is 25.8 Å². The summed E-state index contributed by atoms with van der Waals surface area (Å²) < 4.78 is 24.9. The molecule has 1 aromatic rings. The van der Waals surface area contributed by atoms with Crippen LogP contribution < -0.4 is 5.32 Å². The molecule has 0 spiro atoms. The van der Waals surface area contributed by atoms with Gasteiger partial charge in [0.05, 0.1) is 16.2 Å². The summed E-state index contributed by atoms with van der Waals surface area (Å²) in [5, 5.41) is 2.65. The molecule has 0 radical (unpaired) electrons. The molecule has 0 amide bonds. The first-order valence-electron chi connectivity index (χ1n) is 4.69. The van der Waals surface area contributed by atoms with Crippen LogP contribution in [0.4, 0.5) is 0 Å². The van der Waals surface area contributed by atoms with Gasteiger partial charge in [-0.05, 0) is 41.5 Å². The third kappa shape index (κ3) is 1.45. The van der Waals surface area contributed by atoms with Crippen LogP contribution in [0.2, 0.25) is 0 Å². The Bertz CT molecular complexity index is 498. The number of sulfone groups is 1. The summed E-state index contributed by atoms with van der Waals surface area (Å²) in [6, 6.07) is 5.38. The Morgan fingerprint density at radius 3 is 2.67 bits per heavy atom. The van der Waals surface area contributed by atoms with Crippen molar-refractivity contribution in [1.29, 1.82) is 0 Å². The summed E-state index contributed by atoms with van der Waals surface area (Å²) in [4.78, 5) is 0.442.